The van der Waals surface area contributed by atoms with Crippen LogP contribution in [0.4, 0.5) is 11.4 Å². The van der Waals surface area contributed by atoms with E-state index in [-0.39, 0.29) is 17.5 Å². The lowest BCUT2D eigenvalue weighted by molar-refractivity contribution is 0.101. The molecule has 0 bridgehead atoms. The Kier molecular flexibility index (Phi) is 5.70. The van der Waals surface area contributed by atoms with Crippen molar-refractivity contribution in [1.29, 1.82) is 0 Å². The maximum atomic E-state index is 12.6. The van der Waals surface area contributed by atoms with Crippen LogP contribution in [0.15, 0.2) is 85.3 Å². The van der Waals surface area contributed by atoms with Gasteiger partial charge in [0.05, 0.1) is 12.8 Å². The molecule has 8 nitrogen and oxygen atoms in total. The molecule has 4 rings (SSSR count). The SMILES string of the molecule is COc1ccc(-n2ccc(C(=O)Nc3cccc(C(=O)Nc4ccncc4)c3)n2)cc1. The van der Waals surface area contributed by atoms with Gasteiger partial charge in [-0.25, -0.2) is 4.68 Å². The highest BCUT2D eigenvalue weighted by molar-refractivity contribution is 6.06. The Morgan fingerprint density at radius 2 is 1.61 bits per heavy atom. The monoisotopic (exact) mass is 413 g/mol. The van der Waals surface area contributed by atoms with Crippen molar-refractivity contribution in [3.8, 4) is 11.4 Å². The maximum Gasteiger partial charge on any atom is 0.276 e. The zero-order valence-corrected chi connectivity index (χ0v) is 16.6. The summed E-state index contributed by atoms with van der Waals surface area (Å²) in [4.78, 5) is 29.0. The molecule has 0 aliphatic rings. The molecule has 8 heteroatoms. The minimum Gasteiger partial charge on any atom is -0.497 e. The van der Waals surface area contributed by atoms with Gasteiger partial charge in [0.25, 0.3) is 11.8 Å². The zero-order chi connectivity index (χ0) is 21.6. The van der Waals surface area contributed by atoms with Crippen molar-refractivity contribution in [1.82, 2.24) is 14.8 Å². The number of nitrogens with one attached hydrogen (secondary N) is 2. The van der Waals surface area contributed by atoms with Gasteiger partial charge in [-0.05, 0) is 60.7 Å². The summed E-state index contributed by atoms with van der Waals surface area (Å²) in [5, 5.41) is 9.88. The summed E-state index contributed by atoms with van der Waals surface area (Å²) in [6.45, 7) is 0. The number of carbonyl (C=O) groups excluding carboxylic acids is 2. The number of nitrogens with zero attached hydrogens (tertiary/aromatic N) is 3. The van der Waals surface area contributed by atoms with Crippen LogP contribution in [0.3, 0.4) is 0 Å². The molecule has 0 fully saturated rings. The first-order chi connectivity index (χ1) is 15.1. The summed E-state index contributed by atoms with van der Waals surface area (Å²) >= 11 is 0. The fourth-order valence-electron chi connectivity index (χ4n) is 2.90. The number of amides is 2. The van der Waals surface area contributed by atoms with Crippen LogP contribution in [0.1, 0.15) is 20.8 Å². The van der Waals surface area contributed by atoms with E-state index < -0.39 is 0 Å². The van der Waals surface area contributed by atoms with Gasteiger partial charge in [-0.2, -0.15) is 5.10 Å². The van der Waals surface area contributed by atoms with Gasteiger partial charge in [0.15, 0.2) is 5.69 Å². The molecule has 4 aromatic rings. The quantitative estimate of drug-likeness (QED) is 0.501. The molecule has 0 unspecified atom stereocenters. The molecule has 31 heavy (non-hydrogen) atoms. The van der Waals surface area contributed by atoms with Crippen molar-refractivity contribution in [3.05, 3.63) is 96.6 Å². The number of benzene rings is 2. The normalized spacial score (nSPS) is 10.4. The Labute approximate surface area is 178 Å². The summed E-state index contributed by atoms with van der Waals surface area (Å²) in [6.07, 6.45) is 4.89. The Hall–Kier alpha value is -4.46. The highest BCUT2D eigenvalue weighted by atomic mass is 16.5. The summed E-state index contributed by atoms with van der Waals surface area (Å²) in [5.74, 6) is 0.0757. The number of rotatable bonds is 6. The molecule has 154 valence electrons. The molecular weight excluding hydrogens is 394 g/mol. The molecule has 0 aliphatic carbocycles. The molecular formula is C23H19N5O3. The second-order valence-electron chi connectivity index (χ2n) is 6.57. The van der Waals surface area contributed by atoms with Crippen LogP contribution in [0.5, 0.6) is 5.75 Å². The Morgan fingerprint density at radius 1 is 0.871 bits per heavy atom. The summed E-state index contributed by atoms with van der Waals surface area (Å²) in [6, 6.07) is 19.0. The fourth-order valence-corrected chi connectivity index (χ4v) is 2.90. The fraction of sp³-hybridized carbons (Fsp3) is 0.0435. The lowest BCUT2D eigenvalue weighted by Gasteiger charge is -2.08. The van der Waals surface area contributed by atoms with Gasteiger partial charge in [0.1, 0.15) is 5.75 Å². The number of hydrogen-bond donors (Lipinski definition) is 2. The number of aromatic nitrogens is 3. The van der Waals surface area contributed by atoms with Crippen molar-refractivity contribution in [3.63, 3.8) is 0 Å². The van der Waals surface area contributed by atoms with E-state index in [1.807, 2.05) is 24.3 Å². The molecule has 2 aromatic carbocycles. The van der Waals surface area contributed by atoms with Crippen LogP contribution in [-0.2, 0) is 0 Å². The average Bonchev–Trinajstić information content (AvgIpc) is 3.30. The molecule has 0 radical (unpaired) electrons. The van der Waals surface area contributed by atoms with E-state index in [0.29, 0.717) is 16.9 Å². The van der Waals surface area contributed by atoms with E-state index >= 15 is 0 Å². The smallest absolute Gasteiger partial charge is 0.276 e. The zero-order valence-electron chi connectivity index (χ0n) is 16.6. The number of hydrogen-bond acceptors (Lipinski definition) is 5. The van der Waals surface area contributed by atoms with Gasteiger partial charge >= 0.3 is 0 Å². The summed E-state index contributed by atoms with van der Waals surface area (Å²) < 4.78 is 6.75. The van der Waals surface area contributed by atoms with Crippen LogP contribution in [0.2, 0.25) is 0 Å². The Bertz CT molecular complexity index is 1200. The molecule has 0 saturated heterocycles. The molecule has 0 atom stereocenters. The van der Waals surface area contributed by atoms with Gasteiger partial charge in [-0.15, -0.1) is 0 Å². The van der Waals surface area contributed by atoms with Crippen LogP contribution < -0.4 is 15.4 Å². The highest BCUT2D eigenvalue weighted by Crippen LogP contribution is 2.16. The second-order valence-corrected chi connectivity index (χ2v) is 6.57. The minimum atomic E-state index is -0.376. The summed E-state index contributed by atoms with van der Waals surface area (Å²) in [7, 11) is 1.60. The highest BCUT2D eigenvalue weighted by Gasteiger charge is 2.12. The molecule has 0 aliphatic heterocycles. The largest absolute Gasteiger partial charge is 0.497 e. The third-order valence-corrected chi connectivity index (χ3v) is 4.48. The van der Waals surface area contributed by atoms with Crippen molar-refractivity contribution in [2.45, 2.75) is 0 Å². The molecule has 0 spiro atoms. The predicted octanol–water partition coefficient (Wildman–Crippen LogP) is 3.78. The van der Waals surface area contributed by atoms with Crippen LogP contribution in [0, 0.1) is 0 Å². The lowest BCUT2D eigenvalue weighted by Crippen LogP contribution is -2.15. The molecule has 2 N–H and O–H groups in total. The number of anilines is 2. The number of pyridine rings is 1. The van der Waals surface area contributed by atoms with Crippen molar-refractivity contribution in [2.75, 3.05) is 17.7 Å². The first-order valence-electron chi connectivity index (χ1n) is 9.45. The number of methoxy groups -OCH3 is 1. The topological polar surface area (TPSA) is 98.1 Å². The van der Waals surface area contributed by atoms with Crippen molar-refractivity contribution in [2.24, 2.45) is 0 Å². The van der Waals surface area contributed by atoms with E-state index in [4.69, 9.17) is 4.74 Å². The minimum absolute atomic E-state index is 0.252. The van der Waals surface area contributed by atoms with Crippen molar-refractivity contribution >= 4 is 23.2 Å². The molecule has 2 amide bonds. The molecule has 2 aromatic heterocycles. The van der Waals surface area contributed by atoms with Gasteiger partial charge in [-0.1, -0.05) is 6.07 Å². The standard InChI is InChI=1S/C23H19N5O3/c1-31-20-7-5-19(6-8-20)28-14-11-21(27-28)23(30)26-18-4-2-3-16(15-18)22(29)25-17-9-12-24-13-10-17/h2-15H,1H3,(H,26,30)(H,24,25,29). The van der Waals surface area contributed by atoms with Gasteiger partial charge in [-0.3, -0.25) is 14.6 Å². The second kappa shape index (κ2) is 8.91. The van der Waals surface area contributed by atoms with Gasteiger partial charge < -0.3 is 15.4 Å². The third kappa shape index (κ3) is 4.76. The summed E-state index contributed by atoms with van der Waals surface area (Å²) in [5.41, 5.74) is 2.60. The van der Waals surface area contributed by atoms with E-state index in [1.165, 1.54) is 0 Å². The molecule has 0 saturated carbocycles. The van der Waals surface area contributed by atoms with Gasteiger partial charge in [0, 0.05) is 35.5 Å². The van der Waals surface area contributed by atoms with Crippen LogP contribution in [0.25, 0.3) is 5.69 Å². The maximum absolute atomic E-state index is 12.6. The average molecular weight is 413 g/mol. The lowest BCUT2D eigenvalue weighted by atomic mass is 10.2. The van der Waals surface area contributed by atoms with E-state index in [2.05, 4.69) is 20.7 Å². The Balaban J connectivity index is 1.44. The first kappa shape index (κ1) is 19.8. The van der Waals surface area contributed by atoms with Crippen LogP contribution >= 0.6 is 0 Å². The van der Waals surface area contributed by atoms with E-state index in [9.17, 15) is 9.59 Å². The number of ether oxygens (including phenoxy) is 1. The van der Waals surface area contributed by atoms with E-state index in [0.717, 1.165) is 11.4 Å². The first-order valence-corrected chi connectivity index (χ1v) is 9.45. The third-order valence-electron chi connectivity index (χ3n) is 4.48. The van der Waals surface area contributed by atoms with Crippen molar-refractivity contribution < 1.29 is 14.3 Å². The van der Waals surface area contributed by atoms with Crippen LogP contribution in [-0.4, -0.2) is 33.7 Å². The van der Waals surface area contributed by atoms with E-state index in [1.54, 1.807) is 72.8 Å². The molecule has 2 heterocycles. The van der Waals surface area contributed by atoms with Gasteiger partial charge in [0.2, 0.25) is 0 Å². The predicted molar refractivity (Wildman–Crippen MR) is 117 cm³/mol. The number of carbonyl (C=O) groups is 2. The Morgan fingerprint density at radius 3 is 2.35 bits per heavy atom.